The molecule has 0 aromatic heterocycles. The van der Waals surface area contributed by atoms with Crippen LogP contribution in [0.2, 0.25) is 0 Å². The molecule has 1 atom stereocenters. The van der Waals surface area contributed by atoms with E-state index in [1.165, 1.54) is 6.92 Å². The molecule has 0 radical (unpaired) electrons. The van der Waals surface area contributed by atoms with Crippen LogP contribution >= 0.6 is 0 Å². The number of carbonyl (C=O) groups excluding carboxylic acids is 1. The van der Waals surface area contributed by atoms with E-state index >= 15 is 0 Å². The van der Waals surface area contributed by atoms with Crippen molar-refractivity contribution in [2.75, 3.05) is 19.8 Å². The molecule has 2 aliphatic rings. The topological polar surface area (TPSA) is 63.7 Å². The highest BCUT2D eigenvalue weighted by atomic mass is 32.2. The molecule has 0 aromatic carbocycles. The van der Waals surface area contributed by atoms with Gasteiger partial charge in [0, 0.05) is 32.2 Å². The van der Waals surface area contributed by atoms with Crippen molar-refractivity contribution in [1.29, 1.82) is 0 Å². The van der Waals surface area contributed by atoms with E-state index in [0.717, 1.165) is 12.8 Å². The Morgan fingerprint density at radius 3 is 2.56 bits per heavy atom. The van der Waals surface area contributed by atoms with E-state index in [2.05, 4.69) is 0 Å². The average molecular weight is 275 g/mol. The Morgan fingerprint density at radius 2 is 1.94 bits per heavy atom. The van der Waals surface area contributed by atoms with Crippen LogP contribution in [0, 0.1) is 0 Å². The molecule has 1 unspecified atom stereocenters. The number of Topliss-reactive ketones (excluding diaryl/α,β-unsaturated/α-hetero) is 1. The second-order valence-electron chi connectivity index (χ2n) is 5.17. The summed E-state index contributed by atoms with van der Waals surface area (Å²) in [5.41, 5.74) is 0. The van der Waals surface area contributed by atoms with Crippen molar-refractivity contribution in [3.05, 3.63) is 0 Å². The van der Waals surface area contributed by atoms with E-state index in [1.54, 1.807) is 4.31 Å². The number of rotatable bonds is 4. The molecule has 2 fully saturated rings. The number of carbonyl (C=O) groups is 1. The number of hydrogen-bond donors (Lipinski definition) is 0. The lowest BCUT2D eigenvalue weighted by Gasteiger charge is -2.30. The fourth-order valence-electron chi connectivity index (χ4n) is 2.85. The highest BCUT2D eigenvalue weighted by molar-refractivity contribution is 7.89. The zero-order valence-electron chi connectivity index (χ0n) is 10.8. The van der Waals surface area contributed by atoms with Gasteiger partial charge in [-0.3, -0.25) is 4.79 Å². The monoisotopic (exact) mass is 275 g/mol. The minimum atomic E-state index is -3.26. The van der Waals surface area contributed by atoms with Crippen molar-refractivity contribution in [3.8, 4) is 0 Å². The first kappa shape index (κ1) is 14.0. The van der Waals surface area contributed by atoms with Crippen LogP contribution in [0.15, 0.2) is 0 Å². The third-order valence-electron chi connectivity index (χ3n) is 3.76. The molecule has 0 bridgehead atoms. The van der Waals surface area contributed by atoms with Gasteiger partial charge in [-0.05, 0) is 32.6 Å². The highest BCUT2D eigenvalue weighted by Crippen LogP contribution is 2.29. The fourth-order valence-corrected chi connectivity index (χ4v) is 5.00. The first-order chi connectivity index (χ1) is 8.51. The molecular weight excluding hydrogens is 254 g/mol. The lowest BCUT2D eigenvalue weighted by Crippen LogP contribution is -2.44. The van der Waals surface area contributed by atoms with Crippen LogP contribution in [0.4, 0.5) is 0 Å². The lowest BCUT2D eigenvalue weighted by molar-refractivity contribution is -0.117. The molecule has 104 valence electrons. The second kappa shape index (κ2) is 5.67. The Hall–Kier alpha value is -0.460. The number of sulfonamides is 1. The Morgan fingerprint density at radius 1 is 1.28 bits per heavy atom. The highest BCUT2D eigenvalue weighted by Gasteiger charge is 2.39. The van der Waals surface area contributed by atoms with Crippen molar-refractivity contribution >= 4 is 15.8 Å². The fraction of sp³-hybridized carbons (Fsp3) is 0.917. The molecule has 6 heteroatoms. The second-order valence-corrected chi connectivity index (χ2v) is 7.34. The zero-order valence-corrected chi connectivity index (χ0v) is 11.6. The minimum absolute atomic E-state index is 0.0640. The van der Waals surface area contributed by atoms with E-state index < -0.39 is 10.0 Å². The molecule has 5 nitrogen and oxygen atoms in total. The predicted molar refractivity (Wildman–Crippen MR) is 67.8 cm³/mol. The van der Waals surface area contributed by atoms with E-state index in [4.69, 9.17) is 4.74 Å². The molecule has 2 saturated heterocycles. The van der Waals surface area contributed by atoms with Crippen molar-refractivity contribution in [2.45, 2.75) is 50.3 Å². The molecular formula is C12H21NO4S. The third-order valence-corrected chi connectivity index (χ3v) is 6.21. The third kappa shape index (κ3) is 2.92. The van der Waals surface area contributed by atoms with Gasteiger partial charge in [-0.1, -0.05) is 0 Å². The van der Waals surface area contributed by atoms with Gasteiger partial charge in [-0.25, -0.2) is 8.42 Å². The van der Waals surface area contributed by atoms with E-state index in [1.807, 2.05) is 0 Å². The van der Waals surface area contributed by atoms with Gasteiger partial charge in [-0.15, -0.1) is 0 Å². The van der Waals surface area contributed by atoms with Crippen LogP contribution in [0.5, 0.6) is 0 Å². The van der Waals surface area contributed by atoms with E-state index in [0.29, 0.717) is 39.0 Å². The summed E-state index contributed by atoms with van der Waals surface area (Å²) in [5, 5.41) is -0.321. The Kier molecular flexibility index (Phi) is 4.40. The molecule has 0 spiro atoms. The maximum atomic E-state index is 12.5. The van der Waals surface area contributed by atoms with Gasteiger partial charge in [0.2, 0.25) is 10.0 Å². The van der Waals surface area contributed by atoms with Gasteiger partial charge < -0.3 is 4.74 Å². The summed E-state index contributed by atoms with van der Waals surface area (Å²) in [4.78, 5) is 11.2. The standard InChI is InChI=1S/C12H21NO4S/c1-10(14)9-11-3-2-6-13(11)18(15,16)12-4-7-17-8-5-12/h11-12H,2-9H2,1H3. The summed E-state index contributed by atoms with van der Waals surface area (Å²) in [5.74, 6) is 0.0640. The molecule has 0 N–H and O–H groups in total. The Balaban J connectivity index is 2.10. The molecule has 0 aromatic rings. The average Bonchev–Trinajstić information content (AvgIpc) is 2.78. The summed E-state index contributed by atoms with van der Waals surface area (Å²) >= 11 is 0. The first-order valence-electron chi connectivity index (χ1n) is 6.59. The lowest BCUT2D eigenvalue weighted by atomic mass is 10.1. The van der Waals surface area contributed by atoms with Gasteiger partial charge in [0.05, 0.1) is 5.25 Å². The molecule has 2 heterocycles. The van der Waals surface area contributed by atoms with Crippen LogP contribution in [0.25, 0.3) is 0 Å². The SMILES string of the molecule is CC(=O)CC1CCCN1S(=O)(=O)C1CCOCC1. The van der Waals surface area contributed by atoms with Crippen LogP contribution in [-0.4, -0.2) is 49.6 Å². The van der Waals surface area contributed by atoms with Gasteiger partial charge in [0.15, 0.2) is 0 Å². The molecule has 0 aliphatic carbocycles. The van der Waals surface area contributed by atoms with Crippen LogP contribution in [0.1, 0.15) is 39.0 Å². The summed E-state index contributed by atoms with van der Waals surface area (Å²) in [6.07, 6.45) is 3.17. The number of hydrogen-bond acceptors (Lipinski definition) is 4. The smallest absolute Gasteiger partial charge is 0.217 e. The maximum absolute atomic E-state index is 12.5. The van der Waals surface area contributed by atoms with E-state index in [-0.39, 0.29) is 17.1 Å². The van der Waals surface area contributed by atoms with Gasteiger partial charge in [0.1, 0.15) is 5.78 Å². The summed E-state index contributed by atoms with van der Waals surface area (Å²) < 4.78 is 31.9. The zero-order chi connectivity index (χ0) is 13.2. The quantitative estimate of drug-likeness (QED) is 0.766. The number of ether oxygens (including phenoxy) is 1. The molecule has 0 amide bonds. The van der Waals surface area contributed by atoms with Gasteiger partial charge >= 0.3 is 0 Å². The van der Waals surface area contributed by atoms with Crippen molar-refractivity contribution in [3.63, 3.8) is 0 Å². The van der Waals surface area contributed by atoms with Crippen LogP contribution in [-0.2, 0) is 19.6 Å². The molecule has 2 aliphatic heterocycles. The normalized spacial score (nSPS) is 27.5. The van der Waals surface area contributed by atoms with Crippen molar-refractivity contribution in [2.24, 2.45) is 0 Å². The largest absolute Gasteiger partial charge is 0.381 e. The summed E-state index contributed by atoms with van der Waals surface area (Å²) in [6, 6.07) is -0.115. The van der Waals surface area contributed by atoms with Crippen LogP contribution in [0.3, 0.4) is 0 Å². The maximum Gasteiger partial charge on any atom is 0.217 e. The molecule has 2 rings (SSSR count). The molecule has 0 saturated carbocycles. The molecule has 18 heavy (non-hydrogen) atoms. The predicted octanol–water partition coefficient (Wildman–Crippen LogP) is 0.939. The number of ketones is 1. The van der Waals surface area contributed by atoms with E-state index in [9.17, 15) is 13.2 Å². The Bertz CT molecular complexity index is 400. The first-order valence-corrected chi connectivity index (χ1v) is 8.10. The summed E-state index contributed by atoms with van der Waals surface area (Å²) in [6.45, 7) is 3.14. The van der Waals surface area contributed by atoms with Gasteiger partial charge in [-0.2, -0.15) is 4.31 Å². The Labute approximate surface area is 109 Å². The minimum Gasteiger partial charge on any atom is -0.381 e. The number of nitrogens with zero attached hydrogens (tertiary/aromatic N) is 1. The van der Waals surface area contributed by atoms with Crippen molar-refractivity contribution in [1.82, 2.24) is 4.31 Å². The van der Waals surface area contributed by atoms with Crippen molar-refractivity contribution < 1.29 is 17.9 Å². The van der Waals surface area contributed by atoms with Crippen LogP contribution < -0.4 is 0 Å². The van der Waals surface area contributed by atoms with Gasteiger partial charge in [0.25, 0.3) is 0 Å². The summed E-state index contributed by atoms with van der Waals surface area (Å²) in [7, 11) is -3.26.